The number of rotatable bonds is 2. The molecule has 7 nitrogen and oxygen atoms in total. The minimum absolute atomic E-state index is 0.372. The van der Waals surface area contributed by atoms with E-state index in [-0.39, 0.29) is 0 Å². The number of fused-ring (bicyclic) bond motifs is 3. The lowest BCUT2D eigenvalue weighted by atomic mass is 9.82. The van der Waals surface area contributed by atoms with E-state index in [1.165, 1.54) is 17.0 Å². The molecule has 7 heteroatoms. The van der Waals surface area contributed by atoms with Crippen LogP contribution >= 0.6 is 0 Å². The molecule has 0 N–H and O–H groups in total. The zero-order valence-corrected chi connectivity index (χ0v) is 15.5. The smallest absolute Gasteiger partial charge is 0.177 e. The van der Waals surface area contributed by atoms with Crippen LogP contribution in [0.4, 0.5) is 0 Å². The molecule has 1 aliphatic heterocycles. The van der Waals surface area contributed by atoms with E-state index in [4.69, 9.17) is 10.1 Å². The number of hydrogen-bond acceptors (Lipinski definition) is 6. The average Bonchev–Trinajstić information content (AvgIpc) is 3.39. The summed E-state index contributed by atoms with van der Waals surface area (Å²) in [5, 5.41) is 12.7. The first-order chi connectivity index (χ1) is 13.8. The molecule has 140 valence electrons. The van der Waals surface area contributed by atoms with Gasteiger partial charge in [0.25, 0.3) is 0 Å². The standard InChI is InChI=1S/C21H21N7/c1-3-17-16(10-22-11-23-17)8-13(1)18-4-2-14-7-15(9-20(14)25-18)19-5-6-21-26-24-12-28(21)27-19/h2,4-6,10-15,20H,1,3,7-9H2. The van der Waals surface area contributed by atoms with Gasteiger partial charge < -0.3 is 0 Å². The monoisotopic (exact) mass is 371 g/mol. The van der Waals surface area contributed by atoms with Crippen molar-refractivity contribution in [1.82, 2.24) is 29.8 Å². The van der Waals surface area contributed by atoms with Gasteiger partial charge in [-0.3, -0.25) is 4.99 Å². The van der Waals surface area contributed by atoms with Gasteiger partial charge in [0, 0.05) is 35.4 Å². The topological polar surface area (TPSA) is 81.2 Å². The van der Waals surface area contributed by atoms with Gasteiger partial charge in [-0.1, -0.05) is 6.08 Å². The maximum atomic E-state index is 5.20. The van der Waals surface area contributed by atoms with Crippen LogP contribution in [0.3, 0.4) is 0 Å². The first kappa shape index (κ1) is 16.0. The van der Waals surface area contributed by atoms with E-state index in [0.29, 0.717) is 23.8 Å². The van der Waals surface area contributed by atoms with Crippen LogP contribution in [-0.4, -0.2) is 41.5 Å². The Bertz CT molecular complexity index is 1100. The highest BCUT2D eigenvalue weighted by Crippen LogP contribution is 2.42. The van der Waals surface area contributed by atoms with Crippen LogP contribution < -0.4 is 0 Å². The minimum Gasteiger partial charge on any atom is -0.286 e. The predicted octanol–water partition coefficient (Wildman–Crippen LogP) is 2.59. The normalized spacial score (nSPS) is 28.8. The highest BCUT2D eigenvalue weighted by molar-refractivity contribution is 5.98. The van der Waals surface area contributed by atoms with Crippen molar-refractivity contribution in [2.45, 2.75) is 44.1 Å². The second kappa shape index (κ2) is 6.29. The van der Waals surface area contributed by atoms with E-state index in [2.05, 4.69) is 38.4 Å². The van der Waals surface area contributed by atoms with Crippen LogP contribution in [0.5, 0.6) is 0 Å². The molecular formula is C21H21N7. The van der Waals surface area contributed by atoms with E-state index in [9.17, 15) is 0 Å². The lowest BCUT2D eigenvalue weighted by Crippen LogP contribution is -2.27. The Hall–Kier alpha value is -2.96. The van der Waals surface area contributed by atoms with Crippen molar-refractivity contribution >= 4 is 11.4 Å². The molecule has 0 saturated heterocycles. The van der Waals surface area contributed by atoms with Crippen molar-refractivity contribution in [3.63, 3.8) is 0 Å². The number of hydrogen-bond donors (Lipinski definition) is 0. The number of dihydropyridines is 1. The lowest BCUT2D eigenvalue weighted by molar-refractivity contribution is 0.538. The van der Waals surface area contributed by atoms with Crippen molar-refractivity contribution < 1.29 is 0 Å². The van der Waals surface area contributed by atoms with Crippen molar-refractivity contribution in [1.29, 1.82) is 0 Å². The van der Waals surface area contributed by atoms with Gasteiger partial charge in [-0.2, -0.15) is 5.10 Å². The van der Waals surface area contributed by atoms with Crippen molar-refractivity contribution in [3.05, 3.63) is 60.1 Å². The molecule has 0 aromatic carbocycles. The van der Waals surface area contributed by atoms with Crippen LogP contribution in [0.25, 0.3) is 5.65 Å². The first-order valence-electron chi connectivity index (χ1n) is 10.0. The molecule has 0 amide bonds. The average molecular weight is 371 g/mol. The Labute approximate surface area is 162 Å². The summed E-state index contributed by atoms with van der Waals surface area (Å²) in [5.74, 6) is 1.45. The summed E-state index contributed by atoms with van der Waals surface area (Å²) in [5.41, 5.74) is 5.67. The SMILES string of the molecule is C1=CC2CC(c3ccc4nncn4n3)CC2N=C1C1CCc2ncncc2C1. The van der Waals surface area contributed by atoms with E-state index in [1.807, 2.05) is 12.3 Å². The molecule has 1 saturated carbocycles. The van der Waals surface area contributed by atoms with Gasteiger partial charge in [-0.05, 0) is 55.9 Å². The Morgan fingerprint density at radius 3 is 3.11 bits per heavy atom. The number of aliphatic imine (C=N–C) groups is 1. The number of aromatic nitrogens is 6. The number of aryl methyl sites for hydroxylation is 1. The van der Waals surface area contributed by atoms with Crippen LogP contribution in [-0.2, 0) is 12.8 Å². The third-order valence-electron chi connectivity index (χ3n) is 6.50. The van der Waals surface area contributed by atoms with E-state index in [1.54, 1.807) is 17.2 Å². The Kier molecular flexibility index (Phi) is 3.60. The molecule has 0 radical (unpaired) electrons. The van der Waals surface area contributed by atoms with Gasteiger partial charge in [0.1, 0.15) is 12.7 Å². The van der Waals surface area contributed by atoms with Gasteiger partial charge in [-0.15, -0.1) is 10.2 Å². The van der Waals surface area contributed by atoms with E-state index in [0.717, 1.165) is 43.4 Å². The number of nitrogens with zero attached hydrogens (tertiary/aromatic N) is 7. The van der Waals surface area contributed by atoms with Crippen molar-refractivity contribution in [2.75, 3.05) is 0 Å². The third kappa shape index (κ3) is 2.65. The minimum atomic E-state index is 0.372. The molecule has 6 rings (SSSR count). The highest BCUT2D eigenvalue weighted by Gasteiger charge is 2.37. The summed E-state index contributed by atoms with van der Waals surface area (Å²) in [6.45, 7) is 0. The zero-order valence-electron chi connectivity index (χ0n) is 15.5. The van der Waals surface area contributed by atoms with E-state index < -0.39 is 0 Å². The third-order valence-corrected chi connectivity index (χ3v) is 6.50. The number of allylic oxidation sites excluding steroid dienone is 1. The van der Waals surface area contributed by atoms with Crippen LogP contribution in [0.2, 0.25) is 0 Å². The largest absolute Gasteiger partial charge is 0.286 e. The molecule has 0 spiro atoms. The lowest BCUT2D eigenvalue weighted by Gasteiger charge is -2.27. The molecule has 28 heavy (non-hydrogen) atoms. The molecule has 0 bridgehead atoms. The summed E-state index contributed by atoms with van der Waals surface area (Å²) in [7, 11) is 0. The van der Waals surface area contributed by atoms with Gasteiger partial charge in [0.2, 0.25) is 0 Å². The molecular weight excluding hydrogens is 350 g/mol. The molecule has 2 aliphatic carbocycles. The summed E-state index contributed by atoms with van der Waals surface area (Å²) in [6.07, 6.45) is 15.3. The molecule has 1 fully saturated rings. The highest BCUT2D eigenvalue weighted by atomic mass is 15.3. The Morgan fingerprint density at radius 2 is 2.11 bits per heavy atom. The molecule has 3 aliphatic rings. The Balaban J connectivity index is 1.22. The first-order valence-corrected chi connectivity index (χ1v) is 10.0. The fourth-order valence-corrected chi connectivity index (χ4v) is 5.01. The van der Waals surface area contributed by atoms with Gasteiger partial charge in [-0.25, -0.2) is 14.5 Å². The quantitative estimate of drug-likeness (QED) is 0.692. The predicted molar refractivity (Wildman–Crippen MR) is 104 cm³/mol. The maximum absolute atomic E-state index is 5.20. The molecule has 3 aromatic rings. The van der Waals surface area contributed by atoms with Crippen molar-refractivity contribution in [2.24, 2.45) is 16.8 Å². The van der Waals surface area contributed by atoms with E-state index >= 15 is 0 Å². The molecule has 4 heterocycles. The summed E-state index contributed by atoms with van der Waals surface area (Å²) in [4.78, 5) is 13.8. The van der Waals surface area contributed by atoms with Crippen molar-refractivity contribution in [3.8, 4) is 0 Å². The zero-order chi connectivity index (χ0) is 18.5. The van der Waals surface area contributed by atoms with Crippen LogP contribution in [0, 0.1) is 11.8 Å². The van der Waals surface area contributed by atoms with Gasteiger partial charge in [0.05, 0.1) is 11.7 Å². The van der Waals surface area contributed by atoms with Crippen LogP contribution in [0.15, 0.2) is 48.1 Å². The van der Waals surface area contributed by atoms with Gasteiger partial charge >= 0.3 is 0 Å². The maximum Gasteiger partial charge on any atom is 0.177 e. The van der Waals surface area contributed by atoms with Crippen LogP contribution in [0.1, 0.15) is 42.1 Å². The summed E-state index contributed by atoms with van der Waals surface area (Å²) in [6, 6.07) is 4.47. The molecule has 4 unspecified atom stereocenters. The Morgan fingerprint density at radius 1 is 1.11 bits per heavy atom. The second-order valence-electron chi connectivity index (χ2n) is 8.14. The molecule has 4 atom stereocenters. The second-order valence-corrected chi connectivity index (χ2v) is 8.14. The van der Waals surface area contributed by atoms with Gasteiger partial charge in [0.15, 0.2) is 5.65 Å². The fourth-order valence-electron chi connectivity index (χ4n) is 5.01. The molecule has 3 aromatic heterocycles. The summed E-state index contributed by atoms with van der Waals surface area (Å²) < 4.78 is 1.77. The fraction of sp³-hybridized carbons (Fsp3) is 0.429. The summed E-state index contributed by atoms with van der Waals surface area (Å²) >= 11 is 0.